The smallest absolute Gasteiger partial charge is 0.174 e. The van der Waals surface area contributed by atoms with Gasteiger partial charge in [0.15, 0.2) is 5.76 Å². The Morgan fingerprint density at radius 2 is 2.16 bits per heavy atom. The van der Waals surface area contributed by atoms with Crippen LogP contribution in [0.25, 0.3) is 0 Å². The molecule has 1 aromatic heterocycles. The maximum atomic E-state index is 5.67. The summed E-state index contributed by atoms with van der Waals surface area (Å²) in [6.07, 6.45) is 0. The molecular weight excluding hydrogens is 376 g/mol. The van der Waals surface area contributed by atoms with E-state index in [1.165, 1.54) is 0 Å². The molecule has 0 saturated carbocycles. The van der Waals surface area contributed by atoms with Gasteiger partial charge in [0, 0.05) is 17.1 Å². The zero-order valence-corrected chi connectivity index (χ0v) is 13.6. The van der Waals surface area contributed by atoms with E-state index in [9.17, 15) is 0 Å². The van der Waals surface area contributed by atoms with Crippen molar-refractivity contribution in [2.24, 2.45) is 0 Å². The van der Waals surface area contributed by atoms with Crippen LogP contribution in [-0.4, -0.2) is 11.7 Å². The lowest BCUT2D eigenvalue weighted by atomic mass is 10.3. The van der Waals surface area contributed by atoms with Gasteiger partial charge < -0.3 is 14.6 Å². The zero-order valence-electron chi connectivity index (χ0n) is 10.5. The summed E-state index contributed by atoms with van der Waals surface area (Å²) >= 11 is 6.85. The van der Waals surface area contributed by atoms with Gasteiger partial charge in [0.2, 0.25) is 0 Å². The molecule has 0 aliphatic heterocycles. The van der Waals surface area contributed by atoms with Crippen molar-refractivity contribution in [1.82, 2.24) is 10.5 Å². The van der Waals surface area contributed by atoms with Crippen LogP contribution in [0.2, 0.25) is 0 Å². The minimum absolute atomic E-state index is 0.360. The van der Waals surface area contributed by atoms with Gasteiger partial charge in [-0.25, -0.2) is 0 Å². The van der Waals surface area contributed by atoms with E-state index in [4.69, 9.17) is 9.26 Å². The number of benzene rings is 1. The van der Waals surface area contributed by atoms with Gasteiger partial charge in [-0.15, -0.1) is 0 Å². The Balaban J connectivity index is 1.92. The van der Waals surface area contributed by atoms with Crippen molar-refractivity contribution in [3.05, 3.63) is 44.7 Å². The summed E-state index contributed by atoms with van der Waals surface area (Å²) < 4.78 is 12.8. The summed E-state index contributed by atoms with van der Waals surface area (Å²) in [5, 5.41) is 7.16. The van der Waals surface area contributed by atoms with Crippen LogP contribution in [-0.2, 0) is 13.2 Å². The van der Waals surface area contributed by atoms with Crippen molar-refractivity contribution >= 4 is 31.9 Å². The lowest BCUT2D eigenvalue weighted by Gasteiger charge is -2.06. The average molecular weight is 390 g/mol. The normalized spacial score (nSPS) is 10.7. The van der Waals surface area contributed by atoms with E-state index in [0.717, 1.165) is 26.9 Å². The number of aromatic nitrogens is 1. The number of hydrogen-bond donors (Lipinski definition) is 1. The fourth-order valence-electron chi connectivity index (χ4n) is 1.50. The Labute approximate surface area is 128 Å². The van der Waals surface area contributed by atoms with Crippen LogP contribution in [0.1, 0.15) is 18.4 Å². The van der Waals surface area contributed by atoms with Gasteiger partial charge in [-0.3, -0.25) is 0 Å². The first kappa shape index (κ1) is 14.6. The molecule has 0 atom stereocenters. The van der Waals surface area contributed by atoms with E-state index in [1.54, 1.807) is 0 Å². The van der Waals surface area contributed by atoms with E-state index in [2.05, 4.69) is 49.3 Å². The van der Waals surface area contributed by atoms with Gasteiger partial charge in [-0.1, -0.05) is 28.0 Å². The van der Waals surface area contributed by atoms with E-state index >= 15 is 0 Å². The Hall–Kier alpha value is -0.850. The standard InChI is InChI=1S/C13H14Br2N2O2/c1-2-16-7-10-6-11(19-17-10)8-18-13-4-3-9(14)5-12(13)15/h3-6,16H,2,7-8H2,1H3. The highest BCUT2D eigenvalue weighted by Crippen LogP contribution is 2.28. The number of halogens is 2. The Morgan fingerprint density at radius 1 is 1.32 bits per heavy atom. The van der Waals surface area contributed by atoms with Gasteiger partial charge in [0.05, 0.1) is 10.2 Å². The number of ether oxygens (including phenoxy) is 1. The third kappa shape index (κ3) is 4.33. The quantitative estimate of drug-likeness (QED) is 0.814. The predicted octanol–water partition coefficient (Wildman–Crippen LogP) is 3.89. The first-order valence-corrected chi connectivity index (χ1v) is 7.50. The van der Waals surface area contributed by atoms with Crippen molar-refractivity contribution in [3.63, 3.8) is 0 Å². The van der Waals surface area contributed by atoms with Crippen LogP contribution in [0.4, 0.5) is 0 Å². The van der Waals surface area contributed by atoms with Crippen molar-refractivity contribution in [3.8, 4) is 5.75 Å². The fraction of sp³-hybridized carbons (Fsp3) is 0.308. The molecule has 0 spiro atoms. The van der Waals surface area contributed by atoms with Gasteiger partial charge in [-0.2, -0.15) is 0 Å². The molecule has 2 rings (SSSR count). The molecule has 0 aliphatic rings. The molecule has 0 unspecified atom stereocenters. The highest BCUT2D eigenvalue weighted by Gasteiger charge is 2.06. The second kappa shape index (κ2) is 7.07. The Kier molecular flexibility index (Phi) is 5.42. The second-order valence-electron chi connectivity index (χ2n) is 3.93. The maximum absolute atomic E-state index is 5.67. The number of rotatable bonds is 6. The summed E-state index contributed by atoms with van der Waals surface area (Å²) in [6.45, 7) is 4.03. The zero-order chi connectivity index (χ0) is 13.7. The molecule has 0 aliphatic carbocycles. The maximum Gasteiger partial charge on any atom is 0.174 e. The summed E-state index contributed by atoms with van der Waals surface area (Å²) in [4.78, 5) is 0. The molecule has 1 aromatic carbocycles. The van der Waals surface area contributed by atoms with Crippen molar-refractivity contribution in [2.45, 2.75) is 20.1 Å². The van der Waals surface area contributed by atoms with E-state index in [1.807, 2.05) is 24.3 Å². The topological polar surface area (TPSA) is 47.3 Å². The first-order valence-electron chi connectivity index (χ1n) is 5.92. The van der Waals surface area contributed by atoms with Crippen LogP contribution < -0.4 is 10.1 Å². The number of hydrogen-bond acceptors (Lipinski definition) is 4. The minimum Gasteiger partial charge on any atom is -0.484 e. The summed E-state index contributed by atoms with van der Waals surface area (Å²) in [7, 11) is 0. The molecule has 1 heterocycles. The molecule has 0 radical (unpaired) electrons. The third-order valence-corrected chi connectivity index (χ3v) is 3.54. The van der Waals surface area contributed by atoms with E-state index in [-0.39, 0.29) is 0 Å². The van der Waals surface area contributed by atoms with Crippen LogP contribution in [0.15, 0.2) is 37.7 Å². The fourth-order valence-corrected chi connectivity index (χ4v) is 2.66. The van der Waals surface area contributed by atoms with Crippen molar-refractivity contribution in [2.75, 3.05) is 6.54 Å². The highest BCUT2D eigenvalue weighted by atomic mass is 79.9. The highest BCUT2D eigenvalue weighted by molar-refractivity contribution is 9.11. The second-order valence-corrected chi connectivity index (χ2v) is 5.70. The molecule has 1 N–H and O–H groups in total. The minimum atomic E-state index is 0.360. The van der Waals surface area contributed by atoms with Crippen LogP contribution in [0, 0.1) is 0 Å². The van der Waals surface area contributed by atoms with Gasteiger partial charge >= 0.3 is 0 Å². The Morgan fingerprint density at radius 3 is 2.89 bits per heavy atom. The molecule has 19 heavy (non-hydrogen) atoms. The van der Waals surface area contributed by atoms with E-state index < -0.39 is 0 Å². The number of nitrogens with zero attached hydrogens (tertiary/aromatic N) is 1. The first-order chi connectivity index (χ1) is 9.19. The van der Waals surface area contributed by atoms with Gasteiger partial charge in [0.1, 0.15) is 12.4 Å². The lowest BCUT2D eigenvalue weighted by Crippen LogP contribution is -2.11. The molecule has 0 saturated heterocycles. The van der Waals surface area contributed by atoms with Crippen molar-refractivity contribution in [1.29, 1.82) is 0 Å². The molecule has 0 bridgehead atoms. The van der Waals surface area contributed by atoms with Crippen LogP contribution >= 0.6 is 31.9 Å². The molecule has 0 amide bonds. The van der Waals surface area contributed by atoms with Crippen LogP contribution in [0.3, 0.4) is 0 Å². The van der Waals surface area contributed by atoms with Gasteiger partial charge in [-0.05, 0) is 40.7 Å². The summed E-state index contributed by atoms with van der Waals surface area (Å²) in [5.41, 5.74) is 0.885. The molecule has 6 heteroatoms. The molecular formula is C13H14Br2N2O2. The third-order valence-electron chi connectivity index (χ3n) is 2.43. The largest absolute Gasteiger partial charge is 0.484 e. The summed E-state index contributed by atoms with van der Waals surface area (Å²) in [6, 6.07) is 7.66. The molecule has 4 nitrogen and oxygen atoms in total. The number of nitrogens with one attached hydrogen (secondary N) is 1. The van der Waals surface area contributed by atoms with Crippen LogP contribution in [0.5, 0.6) is 5.75 Å². The monoisotopic (exact) mass is 388 g/mol. The average Bonchev–Trinajstić information content (AvgIpc) is 2.83. The molecule has 0 fully saturated rings. The lowest BCUT2D eigenvalue weighted by molar-refractivity contribution is 0.247. The van der Waals surface area contributed by atoms with E-state index in [0.29, 0.717) is 18.9 Å². The SMILES string of the molecule is CCNCc1cc(COc2ccc(Br)cc2Br)on1. The Bertz CT molecular complexity index is 543. The van der Waals surface area contributed by atoms with Crippen molar-refractivity contribution < 1.29 is 9.26 Å². The van der Waals surface area contributed by atoms with Gasteiger partial charge in [0.25, 0.3) is 0 Å². The molecule has 2 aromatic rings. The summed E-state index contributed by atoms with van der Waals surface area (Å²) in [5.74, 6) is 1.48. The predicted molar refractivity (Wildman–Crippen MR) is 80.1 cm³/mol. The molecule has 102 valence electrons.